The number of carbonyl (C=O) groups excluding carboxylic acids is 1. The van der Waals surface area contributed by atoms with Crippen LogP contribution in [0, 0.1) is 5.82 Å². The maximum atomic E-state index is 14.1. The summed E-state index contributed by atoms with van der Waals surface area (Å²) in [4.78, 5) is 12.0. The van der Waals surface area contributed by atoms with Crippen LogP contribution in [0.2, 0.25) is 0 Å². The zero-order chi connectivity index (χ0) is 18.8. The largest absolute Gasteiger partial charge is 0.326 e. The lowest BCUT2D eigenvalue weighted by molar-refractivity contribution is -0.114. The fourth-order valence-corrected chi connectivity index (χ4v) is 3.34. The molecule has 0 aliphatic carbocycles. The number of amides is 1. The molecule has 0 atom stereocenters. The van der Waals surface area contributed by atoms with Gasteiger partial charge >= 0.3 is 0 Å². The summed E-state index contributed by atoms with van der Waals surface area (Å²) >= 11 is 1.45. The molecule has 4 rings (SSSR count). The van der Waals surface area contributed by atoms with Crippen molar-refractivity contribution in [3.63, 3.8) is 0 Å². The number of carbonyl (C=O) groups is 1. The summed E-state index contributed by atoms with van der Waals surface area (Å²) < 4.78 is 15.6. The van der Waals surface area contributed by atoms with Gasteiger partial charge in [-0.3, -0.25) is 4.79 Å². The van der Waals surface area contributed by atoms with Gasteiger partial charge in [0.1, 0.15) is 10.8 Å². The molecule has 6 nitrogen and oxygen atoms in total. The van der Waals surface area contributed by atoms with Gasteiger partial charge in [-0.15, -0.1) is 10.2 Å². The monoisotopic (exact) mass is 379 g/mol. The molecule has 0 saturated carbocycles. The Morgan fingerprint density at radius 2 is 1.81 bits per heavy atom. The molecule has 2 aromatic carbocycles. The molecule has 0 unspecified atom stereocenters. The second-order valence-electron chi connectivity index (χ2n) is 5.75. The van der Waals surface area contributed by atoms with Gasteiger partial charge in [-0.2, -0.15) is 9.61 Å². The number of nitrogens with one attached hydrogen (secondary N) is 1. The van der Waals surface area contributed by atoms with Crippen LogP contribution in [0.1, 0.15) is 6.92 Å². The minimum absolute atomic E-state index is 0.115. The zero-order valence-electron chi connectivity index (χ0n) is 14.3. The van der Waals surface area contributed by atoms with Gasteiger partial charge in [0.2, 0.25) is 5.91 Å². The van der Waals surface area contributed by atoms with Crippen molar-refractivity contribution in [1.29, 1.82) is 0 Å². The Kier molecular flexibility index (Phi) is 4.55. The third-order valence-corrected chi connectivity index (χ3v) is 4.68. The second-order valence-corrected chi connectivity index (χ2v) is 6.85. The number of nitrogens with zero attached hydrogens (tertiary/aromatic N) is 4. The van der Waals surface area contributed by atoms with Crippen LogP contribution in [0.15, 0.2) is 70.6 Å². The molecule has 0 spiro atoms. The van der Waals surface area contributed by atoms with E-state index in [0.717, 1.165) is 10.6 Å². The minimum Gasteiger partial charge on any atom is -0.326 e. The van der Waals surface area contributed by atoms with E-state index >= 15 is 0 Å². The lowest BCUT2D eigenvalue weighted by atomic mass is 10.2. The predicted octanol–water partition coefficient (Wildman–Crippen LogP) is 4.04. The lowest BCUT2D eigenvalue weighted by Crippen LogP contribution is -2.05. The number of rotatable bonds is 4. The third-order valence-electron chi connectivity index (χ3n) is 3.75. The maximum Gasteiger partial charge on any atom is 0.221 e. The topological polar surface area (TPSA) is 72.2 Å². The van der Waals surface area contributed by atoms with Crippen LogP contribution in [-0.4, -0.2) is 25.7 Å². The molecule has 0 saturated heterocycles. The van der Waals surface area contributed by atoms with E-state index in [1.54, 1.807) is 24.3 Å². The maximum absolute atomic E-state index is 14.1. The molecule has 2 heterocycles. The van der Waals surface area contributed by atoms with Crippen LogP contribution >= 0.6 is 11.8 Å². The number of hydrogen-bond donors (Lipinski definition) is 1. The zero-order valence-corrected chi connectivity index (χ0v) is 15.1. The van der Waals surface area contributed by atoms with E-state index in [-0.39, 0.29) is 11.7 Å². The number of benzene rings is 2. The van der Waals surface area contributed by atoms with Gasteiger partial charge in [0, 0.05) is 17.5 Å². The van der Waals surface area contributed by atoms with Gasteiger partial charge in [0.15, 0.2) is 11.5 Å². The summed E-state index contributed by atoms with van der Waals surface area (Å²) in [5, 5.41) is 16.1. The van der Waals surface area contributed by atoms with Crippen molar-refractivity contribution >= 4 is 29.0 Å². The Balaban J connectivity index is 1.64. The average Bonchev–Trinajstić information content (AvgIpc) is 3.06. The van der Waals surface area contributed by atoms with Crippen LogP contribution in [0.3, 0.4) is 0 Å². The van der Waals surface area contributed by atoms with E-state index in [1.165, 1.54) is 29.3 Å². The van der Waals surface area contributed by atoms with Crippen molar-refractivity contribution in [2.45, 2.75) is 16.8 Å². The van der Waals surface area contributed by atoms with Crippen LogP contribution < -0.4 is 5.32 Å². The fraction of sp³-hybridized carbons (Fsp3) is 0.0526. The highest BCUT2D eigenvalue weighted by molar-refractivity contribution is 7.99. The molecule has 134 valence electrons. The van der Waals surface area contributed by atoms with Crippen molar-refractivity contribution < 1.29 is 9.18 Å². The SMILES string of the molecule is CC(=O)Nc1ccc(Sc2ccc3nnc(-c4ccccc4F)n3n2)cc1. The minimum atomic E-state index is -0.375. The van der Waals surface area contributed by atoms with Gasteiger partial charge in [-0.1, -0.05) is 23.9 Å². The van der Waals surface area contributed by atoms with Crippen LogP contribution in [0.25, 0.3) is 17.0 Å². The Hall–Kier alpha value is -3.26. The molecule has 1 N–H and O–H groups in total. The number of aromatic nitrogens is 4. The van der Waals surface area contributed by atoms with Gasteiger partial charge in [0.05, 0.1) is 5.56 Å². The van der Waals surface area contributed by atoms with E-state index in [2.05, 4.69) is 20.6 Å². The molecule has 0 aliphatic rings. The number of anilines is 1. The first-order valence-corrected chi connectivity index (χ1v) is 8.95. The Bertz CT molecular complexity index is 1130. The standard InChI is InChI=1S/C19H14FN5OS/c1-12(26)21-13-6-8-14(9-7-13)27-18-11-10-17-22-23-19(25(17)24-18)15-4-2-3-5-16(15)20/h2-11H,1H3,(H,21,26). The Morgan fingerprint density at radius 3 is 2.56 bits per heavy atom. The lowest BCUT2D eigenvalue weighted by Gasteiger charge is -2.05. The highest BCUT2D eigenvalue weighted by atomic mass is 32.2. The van der Waals surface area contributed by atoms with Crippen LogP contribution in [-0.2, 0) is 4.79 Å². The first kappa shape index (κ1) is 17.2. The Labute approximate surface area is 158 Å². The predicted molar refractivity (Wildman–Crippen MR) is 101 cm³/mol. The Morgan fingerprint density at radius 1 is 1.04 bits per heavy atom. The molecule has 27 heavy (non-hydrogen) atoms. The summed E-state index contributed by atoms with van der Waals surface area (Å²) in [6, 6.07) is 17.5. The summed E-state index contributed by atoms with van der Waals surface area (Å²) in [6.45, 7) is 1.47. The van der Waals surface area contributed by atoms with Crippen molar-refractivity contribution in [2.24, 2.45) is 0 Å². The first-order chi connectivity index (χ1) is 13.1. The normalized spacial score (nSPS) is 10.9. The molecule has 0 aliphatic heterocycles. The average molecular weight is 379 g/mol. The quantitative estimate of drug-likeness (QED) is 0.579. The van der Waals surface area contributed by atoms with Crippen molar-refractivity contribution in [2.75, 3.05) is 5.32 Å². The molecule has 1 amide bonds. The van der Waals surface area contributed by atoms with E-state index < -0.39 is 0 Å². The fourth-order valence-electron chi connectivity index (χ4n) is 2.57. The van der Waals surface area contributed by atoms with Crippen molar-refractivity contribution in [3.05, 3.63) is 66.5 Å². The van der Waals surface area contributed by atoms with Crippen LogP contribution in [0.4, 0.5) is 10.1 Å². The number of fused-ring (bicyclic) bond motifs is 1. The molecule has 0 radical (unpaired) electrons. The van der Waals surface area contributed by atoms with E-state index in [0.29, 0.717) is 22.1 Å². The molecule has 4 aromatic rings. The van der Waals surface area contributed by atoms with E-state index in [1.807, 2.05) is 30.3 Å². The van der Waals surface area contributed by atoms with Crippen LogP contribution in [0.5, 0.6) is 0 Å². The number of halogens is 1. The molecule has 0 bridgehead atoms. The third kappa shape index (κ3) is 3.65. The van der Waals surface area contributed by atoms with Gasteiger partial charge < -0.3 is 5.32 Å². The summed E-state index contributed by atoms with van der Waals surface area (Å²) in [6.07, 6.45) is 0. The highest BCUT2D eigenvalue weighted by Gasteiger charge is 2.13. The highest BCUT2D eigenvalue weighted by Crippen LogP contribution is 2.28. The summed E-state index contributed by atoms with van der Waals surface area (Å²) in [5.74, 6) is -0.137. The first-order valence-electron chi connectivity index (χ1n) is 8.13. The second kappa shape index (κ2) is 7.16. The molecule has 8 heteroatoms. The number of hydrogen-bond acceptors (Lipinski definition) is 5. The summed E-state index contributed by atoms with van der Waals surface area (Å²) in [5.41, 5.74) is 1.62. The van der Waals surface area contributed by atoms with Gasteiger partial charge in [-0.05, 0) is 48.5 Å². The van der Waals surface area contributed by atoms with Gasteiger partial charge in [-0.25, -0.2) is 4.39 Å². The molecule has 0 fully saturated rings. The van der Waals surface area contributed by atoms with E-state index in [9.17, 15) is 9.18 Å². The van der Waals surface area contributed by atoms with Gasteiger partial charge in [0.25, 0.3) is 0 Å². The summed E-state index contributed by atoms with van der Waals surface area (Å²) in [7, 11) is 0. The smallest absolute Gasteiger partial charge is 0.221 e. The molecular formula is C19H14FN5OS. The molecule has 2 aromatic heterocycles. The van der Waals surface area contributed by atoms with E-state index in [4.69, 9.17) is 0 Å². The van der Waals surface area contributed by atoms with Crippen molar-refractivity contribution in [1.82, 2.24) is 19.8 Å². The van der Waals surface area contributed by atoms with Crippen molar-refractivity contribution in [3.8, 4) is 11.4 Å². The molecular weight excluding hydrogens is 365 g/mol.